The topological polar surface area (TPSA) is 68.5 Å². The van der Waals surface area contributed by atoms with Crippen LogP contribution in [0.4, 0.5) is 0 Å². The number of nitrogens with one attached hydrogen (secondary N) is 1. The highest BCUT2D eigenvalue weighted by atomic mass is 15.3. The second-order valence-electron chi connectivity index (χ2n) is 5.24. The first-order valence-electron chi connectivity index (χ1n) is 7.56. The molecular formula is C15H24N6. The summed E-state index contributed by atoms with van der Waals surface area (Å²) in [5, 5.41) is 16.2. The first-order valence-corrected chi connectivity index (χ1v) is 7.56. The lowest BCUT2D eigenvalue weighted by atomic mass is 10.0. The maximum Gasteiger partial charge on any atom is 0.138 e. The minimum absolute atomic E-state index is 0.184. The molecule has 0 saturated heterocycles. The van der Waals surface area contributed by atoms with Crippen LogP contribution in [0.2, 0.25) is 0 Å². The normalized spacial score (nSPS) is 12.6. The molecule has 6 nitrogen and oxygen atoms in total. The van der Waals surface area contributed by atoms with Crippen molar-refractivity contribution in [1.29, 1.82) is 0 Å². The summed E-state index contributed by atoms with van der Waals surface area (Å²) in [5.74, 6) is 1.01. The van der Waals surface area contributed by atoms with Gasteiger partial charge in [-0.1, -0.05) is 13.8 Å². The molecule has 2 heterocycles. The molecule has 1 unspecified atom stereocenters. The summed E-state index contributed by atoms with van der Waals surface area (Å²) < 4.78 is 1.99. The largest absolute Gasteiger partial charge is 0.310 e. The van der Waals surface area contributed by atoms with E-state index in [9.17, 15) is 0 Å². The highest BCUT2D eigenvalue weighted by Gasteiger charge is 2.18. The summed E-state index contributed by atoms with van der Waals surface area (Å²) in [7, 11) is 0. The number of likely N-dealkylation sites (N-methyl/N-ethyl adjacent to an activating group) is 1. The van der Waals surface area contributed by atoms with Crippen molar-refractivity contribution in [1.82, 2.24) is 30.3 Å². The quantitative estimate of drug-likeness (QED) is 0.844. The second kappa shape index (κ2) is 7.26. The van der Waals surface area contributed by atoms with Gasteiger partial charge in [0.1, 0.15) is 12.2 Å². The lowest BCUT2D eigenvalue weighted by Gasteiger charge is -2.20. The molecule has 114 valence electrons. The molecular weight excluding hydrogens is 264 g/mol. The number of hydrogen-bond donors (Lipinski definition) is 1. The molecule has 1 atom stereocenters. The Hall–Kier alpha value is -1.82. The molecule has 0 aliphatic rings. The van der Waals surface area contributed by atoms with Gasteiger partial charge in [0.05, 0.1) is 11.4 Å². The summed E-state index contributed by atoms with van der Waals surface area (Å²) in [6.07, 6.45) is 3.49. The van der Waals surface area contributed by atoms with Gasteiger partial charge >= 0.3 is 0 Å². The van der Waals surface area contributed by atoms with Crippen molar-refractivity contribution < 1.29 is 0 Å². The number of hydrogen-bond acceptors (Lipinski definition) is 5. The van der Waals surface area contributed by atoms with E-state index in [1.807, 2.05) is 18.5 Å². The first kappa shape index (κ1) is 15.6. The highest BCUT2D eigenvalue weighted by molar-refractivity contribution is 5.24. The predicted molar refractivity (Wildman–Crippen MR) is 81.9 cm³/mol. The third-order valence-corrected chi connectivity index (χ3v) is 3.48. The molecule has 2 rings (SSSR count). The van der Waals surface area contributed by atoms with E-state index in [4.69, 9.17) is 0 Å². The van der Waals surface area contributed by atoms with Crippen molar-refractivity contribution in [3.63, 3.8) is 0 Å². The van der Waals surface area contributed by atoms with Crippen molar-refractivity contribution in [2.24, 2.45) is 0 Å². The Bertz CT molecular complexity index is 577. The summed E-state index contributed by atoms with van der Waals surface area (Å²) in [4.78, 5) is 4.41. The number of nitrogens with zero attached hydrogens (tertiary/aromatic N) is 5. The van der Waals surface area contributed by atoms with Gasteiger partial charge in [-0.25, -0.2) is 4.98 Å². The summed E-state index contributed by atoms with van der Waals surface area (Å²) in [5.41, 5.74) is 3.09. The van der Waals surface area contributed by atoms with Gasteiger partial charge in [-0.15, -0.1) is 0 Å². The Labute approximate surface area is 126 Å². The number of aryl methyl sites for hydroxylation is 3. The van der Waals surface area contributed by atoms with Crippen molar-refractivity contribution in [2.45, 2.75) is 53.1 Å². The summed E-state index contributed by atoms with van der Waals surface area (Å²) in [6.45, 7) is 10.0. The predicted octanol–water partition coefficient (Wildman–Crippen LogP) is 1.99. The van der Waals surface area contributed by atoms with E-state index in [-0.39, 0.29) is 6.04 Å². The van der Waals surface area contributed by atoms with Gasteiger partial charge < -0.3 is 5.32 Å². The maximum absolute atomic E-state index is 4.41. The monoisotopic (exact) mass is 288 g/mol. The molecule has 0 amide bonds. The van der Waals surface area contributed by atoms with Crippen LogP contribution in [-0.4, -0.2) is 31.5 Å². The van der Waals surface area contributed by atoms with E-state index in [2.05, 4.69) is 45.5 Å². The average Bonchev–Trinajstić information content (AvgIpc) is 2.89. The molecule has 0 bridgehead atoms. The van der Waals surface area contributed by atoms with E-state index >= 15 is 0 Å². The highest BCUT2D eigenvalue weighted by Crippen LogP contribution is 2.20. The van der Waals surface area contributed by atoms with E-state index in [1.165, 1.54) is 5.56 Å². The van der Waals surface area contributed by atoms with E-state index in [0.717, 1.165) is 43.1 Å². The van der Waals surface area contributed by atoms with Crippen molar-refractivity contribution in [3.8, 4) is 0 Å². The van der Waals surface area contributed by atoms with Crippen LogP contribution in [0.15, 0.2) is 12.4 Å². The Balaban J connectivity index is 2.26. The molecule has 0 radical (unpaired) electrons. The number of aromatic nitrogens is 5. The van der Waals surface area contributed by atoms with Gasteiger partial charge in [-0.05, 0) is 38.4 Å². The molecule has 21 heavy (non-hydrogen) atoms. The maximum atomic E-state index is 4.41. The van der Waals surface area contributed by atoms with Crippen LogP contribution in [-0.2, 0) is 13.0 Å². The van der Waals surface area contributed by atoms with Crippen molar-refractivity contribution in [2.75, 3.05) is 6.54 Å². The fourth-order valence-electron chi connectivity index (χ4n) is 2.49. The molecule has 0 saturated carbocycles. The van der Waals surface area contributed by atoms with Crippen LogP contribution in [0.1, 0.15) is 49.1 Å². The van der Waals surface area contributed by atoms with E-state index < -0.39 is 0 Å². The first-order chi connectivity index (χ1) is 10.2. The van der Waals surface area contributed by atoms with Crippen LogP contribution < -0.4 is 5.32 Å². The smallest absolute Gasteiger partial charge is 0.138 e. The standard InChI is InChI=1S/C15H24N6/c1-5-7-21-15(17-10-18-21)9-14(16-6-2)13-8-11(3)19-20-12(13)4/h8,10,14,16H,5-7,9H2,1-4H3. The average molecular weight is 288 g/mol. The minimum atomic E-state index is 0.184. The molecule has 1 N–H and O–H groups in total. The van der Waals surface area contributed by atoms with E-state index in [0.29, 0.717) is 0 Å². The molecule has 0 spiro atoms. The Kier molecular flexibility index (Phi) is 5.38. The summed E-state index contributed by atoms with van der Waals surface area (Å²) >= 11 is 0. The SMILES string of the molecule is CCCn1ncnc1CC(NCC)c1cc(C)nnc1C. The van der Waals surface area contributed by atoms with Crippen LogP contribution in [0.5, 0.6) is 0 Å². The van der Waals surface area contributed by atoms with Gasteiger partial charge in [0, 0.05) is 19.0 Å². The van der Waals surface area contributed by atoms with Gasteiger partial charge in [-0.2, -0.15) is 15.3 Å². The Morgan fingerprint density at radius 1 is 1.24 bits per heavy atom. The van der Waals surface area contributed by atoms with Crippen molar-refractivity contribution in [3.05, 3.63) is 35.2 Å². The third-order valence-electron chi connectivity index (χ3n) is 3.48. The lowest BCUT2D eigenvalue weighted by molar-refractivity contribution is 0.495. The third kappa shape index (κ3) is 3.85. The Morgan fingerprint density at radius 2 is 2.05 bits per heavy atom. The molecule has 0 fully saturated rings. The molecule has 2 aromatic heterocycles. The van der Waals surface area contributed by atoms with Gasteiger partial charge in [0.2, 0.25) is 0 Å². The van der Waals surface area contributed by atoms with E-state index in [1.54, 1.807) is 6.33 Å². The summed E-state index contributed by atoms with van der Waals surface area (Å²) in [6, 6.07) is 2.29. The molecule has 0 aromatic carbocycles. The fourth-order valence-corrected chi connectivity index (χ4v) is 2.49. The zero-order valence-corrected chi connectivity index (χ0v) is 13.3. The molecule has 2 aromatic rings. The fraction of sp³-hybridized carbons (Fsp3) is 0.600. The van der Waals surface area contributed by atoms with Crippen molar-refractivity contribution >= 4 is 0 Å². The molecule has 0 aliphatic heterocycles. The Morgan fingerprint density at radius 3 is 2.76 bits per heavy atom. The van der Waals surface area contributed by atoms with Gasteiger partial charge in [0.15, 0.2) is 0 Å². The van der Waals surface area contributed by atoms with Gasteiger partial charge in [0.25, 0.3) is 0 Å². The molecule has 6 heteroatoms. The zero-order chi connectivity index (χ0) is 15.2. The minimum Gasteiger partial charge on any atom is -0.310 e. The second-order valence-corrected chi connectivity index (χ2v) is 5.24. The van der Waals surface area contributed by atoms with Crippen LogP contribution >= 0.6 is 0 Å². The molecule has 0 aliphatic carbocycles. The van der Waals surface area contributed by atoms with Crippen LogP contribution in [0, 0.1) is 13.8 Å². The van der Waals surface area contributed by atoms with Crippen LogP contribution in [0.3, 0.4) is 0 Å². The van der Waals surface area contributed by atoms with Gasteiger partial charge in [-0.3, -0.25) is 4.68 Å². The zero-order valence-electron chi connectivity index (χ0n) is 13.3. The number of rotatable bonds is 7. The van der Waals surface area contributed by atoms with Crippen LogP contribution in [0.25, 0.3) is 0 Å². The lowest BCUT2D eigenvalue weighted by Crippen LogP contribution is -2.26.